The molecule has 1 aromatic rings. The van der Waals surface area contributed by atoms with Gasteiger partial charge in [0.05, 0.1) is 18.7 Å². The minimum Gasteiger partial charge on any atom is -0.496 e. The lowest BCUT2D eigenvalue weighted by atomic mass is 10.0. The van der Waals surface area contributed by atoms with Gasteiger partial charge in [0.25, 0.3) is 11.8 Å². The van der Waals surface area contributed by atoms with Crippen LogP contribution in [0.3, 0.4) is 0 Å². The minimum absolute atomic E-state index is 0.231. The predicted molar refractivity (Wildman–Crippen MR) is 75.9 cm³/mol. The molecule has 0 radical (unpaired) electrons. The standard InChI is InChI=1S/C14H13ClN2O5/c1-21-11-3-2-8(15)4-10(11)13(19)16-5-9(6-16)17-12(18)7-22-14(17)20/h2-4,9H,5-7H2,1H3. The number of carbonyl (C=O) groups is 3. The highest BCUT2D eigenvalue weighted by molar-refractivity contribution is 6.31. The van der Waals surface area contributed by atoms with Gasteiger partial charge in [-0.1, -0.05) is 11.6 Å². The fourth-order valence-corrected chi connectivity index (χ4v) is 2.69. The zero-order valence-corrected chi connectivity index (χ0v) is 12.5. The van der Waals surface area contributed by atoms with E-state index in [-0.39, 0.29) is 37.6 Å². The van der Waals surface area contributed by atoms with Crippen molar-refractivity contribution in [1.82, 2.24) is 9.80 Å². The Bertz CT molecular complexity index is 641. The van der Waals surface area contributed by atoms with Crippen LogP contribution in [0.2, 0.25) is 5.02 Å². The number of cyclic esters (lactones) is 1. The van der Waals surface area contributed by atoms with E-state index in [2.05, 4.69) is 4.74 Å². The number of methoxy groups -OCH3 is 1. The lowest BCUT2D eigenvalue weighted by Gasteiger charge is -2.42. The second-order valence-electron chi connectivity index (χ2n) is 5.03. The molecular formula is C14H13ClN2O5. The quantitative estimate of drug-likeness (QED) is 0.833. The number of halogens is 1. The summed E-state index contributed by atoms with van der Waals surface area (Å²) in [5.41, 5.74) is 0.351. The Balaban J connectivity index is 1.70. The smallest absolute Gasteiger partial charge is 0.417 e. The lowest BCUT2D eigenvalue weighted by molar-refractivity contribution is -0.129. The number of rotatable bonds is 3. The molecule has 3 amide bonds. The molecule has 0 atom stereocenters. The molecule has 2 aliphatic rings. The van der Waals surface area contributed by atoms with E-state index in [1.165, 1.54) is 18.1 Å². The average Bonchev–Trinajstić information content (AvgIpc) is 2.77. The summed E-state index contributed by atoms with van der Waals surface area (Å²) in [6.07, 6.45) is -0.651. The van der Waals surface area contributed by atoms with Crippen LogP contribution in [-0.4, -0.2) is 60.6 Å². The topological polar surface area (TPSA) is 76.2 Å². The highest BCUT2D eigenvalue weighted by atomic mass is 35.5. The van der Waals surface area contributed by atoms with E-state index in [0.29, 0.717) is 16.3 Å². The third-order valence-corrected chi connectivity index (χ3v) is 3.93. The fourth-order valence-electron chi connectivity index (χ4n) is 2.52. The van der Waals surface area contributed by atoms with E-state index in [4.69, 9.17) is 16.3 Å². The molecule has 2 heterocycles. The van der Waals surface area contributed by atoms with E-state index in [1.54, 1.807) is 12.1 Å². The highest BCUT2D eigenvalue weighted by Crippen LogP contribution is 2.27. The molecule has 2 aliphatic heterocycles. The van der Waals surface area contributed by atoms with Crippen LogP contribution >= 0.6 is 11.6 Å². The van der Waals surface area contributed by atoms with Gasteiger partial charge in [-0.15, -0.1) is 0 Å². The summed E-state index contributed by atoms with van der Waals surface area (Å²) in [6.45, 7) is 0.316. The first-order chi connectivity index (χ1) is 10.5. The molecule has 2 fully saturated rings. The number of hydrogen-bond donors (Lipinski definition) is 0. The molecule has 0 aliphatic carbocycles. The minimum atomic E-state index is -0.651. The number of carbonyl (C=O) groups excluding carboxylic acids is 3. The number of nitrogens with zero attached hydrogens (tertiary/aromatic N) is 2. The molecule has 0 N–H and O–H groups in total. The second-order valence-corrected chi connectivity index (χ2v) is 5.46. The van der Waals surface area contributed by atoms with Crippen molar-refractivity contribution >= 4 is 29.5 Å². The monoisotopic (exact) mass is 324 g/mol. The van der Waals surface area contributed by atoms with Crippen molar-refractivity contribution in [3.05, 3.63) is 28.8 Å². The Morgan fingerprint density at radius 1 is 1.36 bits per heavy atom. The molecule has 116 valence electrons. The van der Waals surface area contributed by atoms with Crippen LogP contribution in [0, 0.1) is 0 Å². The van der Waals surface area contributed by atoms with Gasteiger partial charge in [0.1, 0.15) is 5.75 Å². The molecule has 0 bridgehead atoms. The van der Waals surface area contributed by atoms with E-state index in [1.807, 2.05) is 0 Å². The number of likely N-dealkylation sites (tertiary alicyclic amines) is 1. The van der Waals surface area contributed by atoms with Gasteiger partial charge in [-0.3, -0.25) is 9.59 Å². The van der Waals surface area contributed by atoms with Gasteiger partial charge >= 0.3 is 6.09 Å². The molecule has 0 spiro atoms. The first-order valence-electron chi connectivity index (χ1n) is 6.63. The van der Waals surface area contributed by atoms with Crippen LogP contribution < -0.4 is 4.74 Å². The molecule has 8 heteroatoms. The van der Waals surface area contributed by atoms with Crippen molar-refractivity contribution in [2.75, 3.05) is 26.8 Å². The largest absolute Gasteiger partial charge is 0.496 e. The Kier molecular flexibility index (Phi) is 3.66. The van der Waals surface area contributed by atoms with Gasteiger partial charge in [-0.05, 0) is 18.2 Å². The molecule has 3 rings (SSSR count). The summed E-state index contributed by atoms with van der Waals surface area (Å²) in [6, 6.07) is 4.45. The van der Waals surface area contributed by atoms with Crippen LogP contribution in [0.15, 0.2) is 18.2 Å². The lowest BCUT2D eigenvalue weighted by Crippen LogP contribution is -2.62. The number of hydrogen-bond acceptors (Lipinski definition) is 5. The Morgan fingerprint density at radius 3 is 2.68 bits per heavy atom. The SMILES string of the molecule is COc1ccc(Cl)cc1C(=O)N1CC(N2C(=O)COC2=O)C1. The van der Waals surface area contributed by atoms with Crippen molar-refractivity contribution in [2.24, 2.45) is 0 Å². The molecule has 0 saturated carbocycles. The molecule has 0 unspecified atom stereocenters. The van der Waals surface area contributed by atoms with Crippen molar-refractivity contribution < 1.29 is 23.9 Å². The summed E-state index contributed by atoms with van der Waals surface area (Å²) in [4.78, 5) is 38.0. The van der Waals surface area contributed by atoms with Gasteiger partial charge in [0.2, 0.25) is 0 Å². The normalized spacial score (nSPS) is 18.3. The number of imide groups is 1. The van der Waals surface area contributed by atoms with Crippen LogP contribution in [-0.2, 0) is 9.53 Å². The summed E-state index contributed by atoms with van der Waals surface area (Å²) < 4.78 is 9.82. The Labute approximate surface area is 131 Å². The third-order valence-electron chi connectivity index (χ3n) is 3.69. The van der Waals surface area contributed by atoms with Crippen molar-refractivity contribution in [2.45, 2.75) is 6.04 Å². The molecule has 7 nitrogen and oxygen atoms in total. The summed E-state index contributed by atoms with van der Waals surface area (Å²) >= 11 is 5.91. The Hall–Kier alpha value is -2.28. The van der Waals surface area contributed by atoms with E-state index < -0.39 is 6.09 Å². The second kappa shape index (κ2) is 5.49. The average molecular weight is 325 g/mol. The maximum atomic E-state index is 12.5. The fraction of sp³-hybridized carbons (Fsp3) is 0.357. The van der Waals surface area contributed by atoms with Gasteiger partial charge in [0, 0.05) is 18.1 Å². The van der Waals surface area contributed by atoms with Crippen LogP contribution in [0.5, 0.6) is 5.75 Å². The van der Waals surface area contributed by atoms with E-state index >= 15 is 0 Å². The first kappa shape index (κ1) is 14.6. The predicted octanol–water partition coefficient (Wildman–Crippen LogP) is 1.15. The zero-order valence-electron chi connectivity index (χ0n) is 11.7. The first-order valence-corrected chi connectivity index (χ1v) is 7.00. The van der Waals surface area contributed by atoms with Gasteiger partial charge < -0.3 is 14.4 Å². The van der Waals surface area contributed by atoms with Crippen LogP contribution in [0.25, 0.3) is 0 Å². The van der Waals surface area contributed by atoms with Gasteiger partial charge in [-0.25, -0.2) is 9.69 Å². The zero-order chi connectivity index (χ0) is 15.9. The van der Waals surface area contributed by atoms with Crippen LogP contribution in [0.4, 0.5) is 4.79 Å². The molecule has 0 aromatic heterocycles. The van der Waals surface area contributed by atoms with Crippen molar-refractivity contribution in [3.63, 3.8) is 0 Å². The molecular weight excluding hydrogens is 312 g/mol. The van der Waals surface area contributed by atoms with Crippen molar-refractivity contribution in [3.8, 4) is 5.75 Å². The van der Waals surface area contributed by atoms with Gasteiger partial charge in [0.15, 0.2) is 6.61 Å². The van der Waals surface area contributed by atoms with Gasteiger partial charge in [-0.2, -0.15) is 0 Å². The molecule has 22 heavy (non-hydrogen) atoms. The Morgan fingerprint density at radius 2 is 2.09 bits per heavy atom. The van der Waals surface area contributed by atoms with E-state index in [9.17, 15) is 14.4 Å². The summed E-state index contributed by atoms with van der Waals surface area (Å²) in [5.74, 6) is -0.201. The summed E-state index contributed by atoms with van der Waals surface area (Å²) in [5, 5.41) is 0.430. The maximum absolute atomic E-state index is 12.5. The molecule has 2 saturated heterocycles. The molecule has 1 aromatic carbocycles. The van der Waals surface area contributed by atoms with Crippen LogP contribution in [0.1, 0.15) is 10.4 Å². The number of benzene rings is 1. The number of amides is 3. The highest BCUT2D eigenvalue weighted by Gasteiger charge is 2.44. The van der Waals surface area contributed by atoms with Crippen molar-refractivity contribution in [1.29, 1.82) is 0 Å². The van der Waals surface area contributed by atoms with E-state index in [0.717, 1.165) is 4.90 Å². The number of ether oxygens (including phenoxy) is 2. The summed E-state index contributed by atoms with van der Waals surface area (Å²) in [7, 11) is 1.47. The third kappa shape index (κ3) is 2.37. The maximum Gasteiger partial charge on any atom is 0.417 e.